The number of rotatable bonds is 7. The summed E-state index contributed by atoms with van der Waals surface area (Å²) in [5.41, 5.74) is 0.812. The molecule has 1 aromatic rings. The second kappa shape index (κ2) is 8.87. The molecule has 2 unspecified atom stereocenters. The average Bonchev–Trinajstić information content (AvgIpc) is 2.49. The number of amides is 1. The maximum atomic E-state index is 11.6. The molecule has 1 aromatic carbocycles. The summed E-state index contributed by atoms with van der Waals surface area (Å²) in [5.74, 6) is -1.06. The van der Waals surface area contributed by atoms with Crippen LogP contribution in [0, 0.1) is 11.3 Å². The quantitative estimate of drug-likeness (QED) is 0.799. The first kappa shape index (κ1) is 16.9. The van der Waals surface area contributed by atoms with E-state index < -0.39 is 18.1 Å². The van der Waals surface area contributed by atoms with Crippen LogP contribution in [-0.4, -0.2) is 34.2 Å². The van der Waals surface area contributed by atoms with Gasteiger partial charge in [-0.25, -0.2) is 9.59 Å². The number of hydrogen-bond donors (Lipinski definition) is 2. The number of carbonyl (C=O) groups excluding carboxylic acids is 1. The molecule has 0 aromatic heterocycles. The van der Waals surface area contributed by atoms with E-state index in [1.54, 1.807) is 19.1 Å². The molecule has 0 aliphatic rings. The van der Waals surface area contributed by atoms with Crippen LogP contribution in [0.3, 0.4) is 0 Å². The number of nitrogens with zero attached hydrogens (tertiary/aromatic N) is 1. The van der Waals surface area contributed by atoms with Gasteiger partial charge in [-0.05, 0) is 12.5 Å². The summed E-state index contributed by atoms with van der Waals surface area (Å²) >= 11 is 1.16. The van der Waals surface area contributed by atoms with E-state index >= 15 is 0 Å². The van der Waals surface area contributed by atoms with Crippen LogP contribution in [0.5, 0.6) is 0 Å². The highest BCUT2D eigenvalue weighted by molar-refractivity contribution is 8.00. The number of benzene rings is 1. The van der Waals surface area contributed by atoms with Crippen molar-refractivity contribution in [2.45, 2.75) is 24.8 Å². The van der Waals surface area contributed by atoms with Crippen molar-refractivity contribution in [3.05, 3.63) is 35.9 Å². The molecule has 112 valence electrons. The summed E-state index contributed by atoms with van der Waals surface area (Å²) in [6.45, 7) is 1.73. The highest BCUT2D eigenvalue weighted by Crippen LogP contribution is 2.11. The lowest BCUT2D eigenvalue weighted by Crippen LogP contribution is -2.43. The zero-order valence-corrected chi connectivity index (χ0v) is 12.3. The summed E-state index contributed by atoms with van der Waals surface area (Å²) in [6.07, 6.45) is -0.795. The molecule has 2 N–H and O–H groups in total. The van der Waals surface area contributed by atoms with Crippen molar-refractivity contribution < 1.29 is 19.4 Å². The van der Waals surface area contributed by atoms with Crippen molar-refractivity contribution in [1.29, 1.82) is 5.26 Å². The Balaban J connectivity index is 2.42. The number of carboxylic acid groups (broad SMARTS) is 1. The zero-order chi connectivity index (χ0) is 15.7. The minimum absolute atomic E-state index is 0.0702. The second-order valence-electron chi connectivity index (χ2n) is 4.20. The van der Waals surface area contributed by atoms with Gasteiger partial charge in [-0.3, -0.25) is 0 Å². The maximum absolute atomic E-state index is 11.6. The number of carboxylic acids is 1. The molecule has 0 heterocycles. The third kappa shape index (κ3) is 6.68. The highest BCUT2D eigenvalue weighted by Gasteiger charge is 2.21. The van der Waals surface area contributed by atoms with E-state index in [1.807, 2.05) is 24.3 Å². The maximum Gasteiger partial charge on any atom is 0.408 e. The summed E-state index contributed by atoms with van der Waals surface area (Å²) < 4.78 is 4.95. The molecule has 0 spiro atoms. The number of ether oxygens (including phenoxy) is 1. The molecule has 6 nitrogen and oxygen atoms in total. The lowest BCUT2D eigenvalue weighted by molar-refractivity contribution is -0.138. The Morgan fingerprint density at radius 3 is 2.67 bits per heavy atom. The minimum atomic E-state index is -1.16. The van der Waals surface area contributed by atoms with Crippen LogP contribution in [0.1, 0.15) is 12.5 Å². The first-order valence-corrected chi connectivity index (χ1v) is 7.29. The third-order valence-corrected chi connectivity index (χ3v) is 3.63. The van der Waals surface area contributed by atoms with E-state index in [4.69, 9.17) is 15.1 Å². The minimum Gasteiger partial charge on any atom is -0.480 e. The Kier molecular flexibility index (Phi) is 7.12. The molecule has 0 saturated heterocycles. The summed E-state index contributed by atoms with van der Waals surface area (Å²) in [7, 11) is 0. The van der Waals surface area contributed by atoms with Crippen molar-refractivity contribution in [2.75, 3.05) is 5.75 Å². The van der Waals surface area contributed by atoms with Gasteiger partial charge in [0.2, 0.25) is 0 Å². The van der Waals surface area contributed by atoms with Gasteiger partial charge < -0.3 is 15.2 Å². The Bertz CT molecular complexity index is 515. The van der Waals surface area contributed by atoms with Gasteiger partial charge in [0.1, 0.15) is 12.6 Å². The third-order valence-electron chi connectivity index (χ3n) is 2.50. The summed E-state index contributed by atoms with van der Waals surface area (Å²) in [6, 6.07) is 9.97. The molecule has 0 radical (unpaired) electrons. The number of alkyl carbamates (subject to hydrolysis) is 1. The largest absolute Gasteiger partial charge is 0.480 e. The number of nitrogens with one attached hydrogen (secondary N) is 1. The van der Waals surface area contributed by atoms with E-state index in [0.717, 1.165) is 17.3 Å². The standard InChI is InChI=1S/C14H16N2O4S/c1-10(7-15)21-9-12(13(17)18)16-14(19)20-8-11-5-3-2-4-6-11/h2-6,10,12H,8-9H2,1H3,(H,16,19)(H,17,18). The number of hydrogen-bond acceptors (Lipinski definition) is 5. The van der Waals surface area contributed by atoms with Gasteiger partial charge in [-0.1, -0.05) is 30.3 Å². The van der Waals surface area contributed by atoms with Crippen LogP contribution in [0.15, 0.2) is 30.3 Å². The van der Waals surface area contributed by atoms with Crippen LogP contribution in [0.25, 0.3) is 0 Å². The first-order chi connectivity index (χ1) is 10.0. The summed E-state index contributed by atoms with van der Waals surface area (Å²) in [4.78, 5) is 22.6. The number of thioether (sulfide) groups is 1. The molecule has 0 fully saturated rings. The van der Waals surface area contributed by atoms with Gasteiger partial charge in [-0.2, -0.15) is 5.26 Å². The van der Waals surface area contributed by atoms with Crippen molar-refractivity contribution in [3.63, 3.8) is 0 Å². The number of aliphatic carboxylic acids is 1. The molecule has 0 bridgehead atoms. The Hall–Kier alpha value is -2.20. The highest BCUT2D eigenvalue weighted by atomic mass is 32.2. The van der Waals surface area contributed by atoms with Gasteiger partial charge in [-0.15, -0.1) is 11.8 Å². The zero-order valence-electron chi connectivity index (χ0n) is 11.5. The van der Waals surface area contributed by atoms with Crippen molar-refractivity contribution in [2.24, 2.45) is 0 Å². The van der Waals surface area contributed by atoms with Gasteiger partial charge in [0.25, 0.3) is 0 Å². The first-order valence-electron chi connectivity index (χ1n) is 6.24. The van der Waals surface area contributed by atoms with E-state index in [-0.39, 0.29) is 17.6 Å². The van der Waals surface area contributed by atoms with Crippen molar-refractivity contribution in [1.82, 2.24) is 5.32 Å². The fraction of sp³-hybridized carbons (Fsp3) is 0.357. The number of nitriles is 1. The van der Waals surface area contributed by atoms with Crippen LogP contribution >= 0.6 is 11.8 Å². The van der Waals surface area contributed by atoms with E-state index in [9.17, 15) is 9.59 Å². The van der Waals surface area contributed by atoms with Crippen LogP contribution in [0.4, 0.5) is 4.79 Å². The van der Waals surface area contributed by atoms with E-state index in [0.29, 0.717) is 0 Å². The van der Waals surface area contributed by atoms with Crippen molar-refractivity contribution >= 4 is 23.8 Å². The van der Waals surface area contributed by atoms with Crippen LogP contribution < -0.4 is 5.32 Å². The molecule has 0 saturated carbocycles. The molecular formula is C14H16N2O4S. The molecule has 7 heteroatoms. The van der Waals surface area contributed by atoms with Crippen molar-refractivity contribution in [3.8, 4) is 6.07 Å². The lowest BCUT2D eigenvalue weighted by Gasteiger charge is -2.14. The fourth-order valence-corrected chi connectivity index (χ4v) is 2.14. The molecule has 1 amide bonds. The topological polar surface area (TPSA) is 99.4 Å². The molecule has 2 atom stereocenters. The smallest absolute Gasteiger partial charge is 0.408 e. The lowest BCUT2D eigenvalue weighted by atomic mass is 10.2. The van der Waals surface area contributed by atoms with Crippen LogP contribution in [-0.2, 0) is 16.1 Å². The van der Waals surface area contributed by atoms with E-state index in [1.165, 1.54) is 0 Å². The second-order valence-corrected chi connectivity index (χ2v) is 5.58. The Labute approximate surface area is 127 Å². The van der Waals surface area contributed by atoms with Gasteiger partial charge in [0.05, 0.1) is 11.3 Å². The van der Waals surface area contributed by atoms with Crippen LogP contribution in [0.2, 0.25) is 0 Å². The molecule has 0 aliphatic heterocycles. The number of carbonyl (C=O) groups is 2. The van der Waals surface area contributed by atoms with Gasteiger partial charge in [0.15, 0.2) is 0 Å². The Morgan fingerprint density at radius 2 is 2.10 bits per heavy atom. The molecule has 21 heavy (non-hydrogen) atoms. The molecular weight excluding hydrogens is 292 g/mol. The Morgan fingerprint density at radius 1 is 1.43 bits per heavy atom. The van der Waals surface area contributed by atoms with Gasteiger partial charge in [0, 0.05) is 5.75 Å². The predicted molar refractivity (Wildman–Crippen MR) is 78.7 cm³/mol. The molecule has 1 rings (SSSR count). The monoisotopic (exact) mass is 308 g/mol. The van der Waals surface area contributed by atoms with Gasteiger partial charge >= 0.3 is 12.1 Å². The fourth-order valence-electron chi connectivity index (χ4n) is 1.36. The molecule has 0 aliphatic carbocycles. The average molecular weight is 308 g/mol. The van der Waals surface area contributed by atoms with E-state index in [2.05, 4.69) is 5.32 Å². The SMILES string of the molecule is CC(C#N)SCC(NC(=O)OCc1ccccc1)C(=O)O. The normalized spacial score (nSPS) is 12.8. The predicted octanol–water partition coefficient (Wildman–Crippen LogP) is 2.01. The summed E-state index contributed by atoms with van der Waals surface area (Å²) in [5, 5.41) is 19.6.